The smallest absolute Gasteiger partial charge is 0.308 e. The molecule has 1 atom stereocenters. The van der Waals surface area contributed by atoms with Gasteiger partial charge in [-0.3, -0.25) is 4.79 Å². The lowest BCUT2D eigenvalue weighted by Gasteiger charge is -2.21. The molecule has 1 N–H and O–H groups in total. The Morgan fingerprint density at radius 3 is 2.81 bits per heavy atom. The molecule has 0 bridgehead atoms. The van der Waals surface area contributed by atoms with E-state index in [9.17, 15) is 4.79 Å². The predicted molar refractivity (Wildman–Crippen MR) is 85.4 cm³/mol. The summed E-state index contributed by atoms with van der Waals surface area (Å²) in [5, 5.41) is 11.7. The highest BCUT2D eigenvalue weighted by Crippen LogP contribution is 2.27. The third-order valence-electron chi connectivity index (χ3n) is 3.03. The molecule has 21 heavy (non-hydrogen) atoms. The summed E-state index contributed by atoms with van der Waals surface area (Å²) in [7, 11) is 0. The lowest BCUT2D eigenvalue weighted by atomic mass is 10.2. The number of benzene rings is 1. The Kier molecular flexibility index (Phi) is 4.96. The largest absolute Gasteiger partial charge is 0.481 e. The van der Waals surface area contributed by atoms with Crippen LogP contribution in [0.25, 0.3) is 11.3 Å². The number of carbonyl (C=O) groups is 1. The maximum Gasteiger partial charge on any atom is 0.308 e. The van der Waals surface area contributed by atoms with Crippen LogP contribution in [0.2, 0.25) is 0 Å². The van der Waals surface area contributed by atoms with E-state index in [1.165, 1.54) is 11.3 Å². The summed E-state index contributed by atoms with van der Waals surface area (Å²) in [5.74, 6) is 1.23. The molecule has 0 aliphatic carbocycles. The molecule has 1 aromatic heterocycles. The molecular formula is C16H16N2O2S. The zero-order chi connectivity index (χ0) is 15.2. The van der Waals surface area contributed by atoms with Crippen molar-refractivity contribution in [3.8, 4) is 23.6 Å². The molecule has 0 saturated heterocycles. The van der Waals surface area contributed by atoms with Crippen LogP contribution in [0.4, 0.5) is 5.13 Å². The molecule has 0 fully saturated rings. The van der Waals surface area contributed by atoms with Gasteiger partial charge >= 0.3 is 5.97 Å². The molecule has 2 aromatic rings. The van der Waals surface area contributed by atoms with E-state index in [-0.39, 0.29) is 0 Å². The van der Waals surface area contributed by atoms with Gasteiger partial charge in [0.25, 0.3) is 0 Å². The fourth-order valence-corrected chi connectivity index (χ4v) is 2.73. The zero-order valence-electron chi connectivity index (χ0n) is 11.7. The average Bonchev–Trinajstić information content (AvgIpc) is 2.97. The van der Waals surface area contributed by atoms with E-state index in [0.29, 0.717) is 13.1 Å². The average molecular weight is 300 g/mol. The number of hydrogen-bond acceptors (Lipinski definition) is 4. The molecule has 1 heterocycles. The fourth-order valence-electron chi connectivity index (χ4n) is 1.88. The Balaban J connectivity index is 2.20. The first-order chi connectivity index (χ1) is 10.1. The van der Waals surface area contributed by atoms with Gasteiger partial charge in [0.2, 0.25) is 0 Å². The monoisotopic (exact) mass is 300 g/mol. The first kappa shape index (κ1) is 15.1. The molecule has 0 radical (unpaired) electrons. The number of thiazole rings is 1. The van der Waals surface area contributed by atoms with Crippen LogP contribution in [-0.4, -0.2) is 29.1 Å². The lowest BCUT2D eigenvalue weighted by Crippen LogP contribution is -2.32. The number of aliphatic carboxylic acids is 1. The second-order valence-corrected chi connectivity index (χ2v) is 5.54. The van der Waals surface area contributed by atoms with Crippen molar-refractivity contribution in [1.29, 1.82) is 0 Å². The SMILES string of the molecule is C#CCN(CC(C)C(=O)O)c1nc(-c2ccccc2)cs1. The zero-order valence-corrected chi connectivity index (χ0v) is 12.5. The van der Waals surface area contributed by atoms with Gasteiger partial charge in [-0.15, -0.1) is 17.8 Å². The quantitative estimate of drug-likeness (QED) is 0.833. The van der Waals surface area contributed by atoms with Gasteiger partial charge in [0, 0.05) is 17.5 Å². The lowest BCUT2D eigenvalue weighted by molar-refractivity contribution is -0.140. The van der Waals surface area contributed by atoms with Crippen molar-refractivity contribution >= 4 is 22.4 Å². The third-order valence-corrected chi connectivity index (χ3v) is 3.93. The first-order valence-electron chi connectivity index (χ1n) is 6.54. The number of aromatic nitrogens is 1. The number of hydrogen-bond donors (Lipinski definition) is 1. The van der Waals surface area contributed by atoms with Crippen LogP contribution < -0.4 is 4.90 Å². The molecule has 2 rings (SSSR count). The fraction of sp³-hybridized carbons (Fsp3) is 0.250. The highest BCUT2D eigenvalue weighted by atomic mass is 32.1. The van der Waals surface area contributed by atoms with Crippen LogP contribution in [0.5, 0.6) is 0 Å². The number of carboxylic acid groups (broad SMARTS) is 1. The number of nitrogens with zero attached hydrogens (tertiary/aromatic N) is 2. The van der Waals surface area contributed by atoms with Gasteiger partial charge < -0.3 is 10.0 Å². The second kappa shape index (κ2) is 6.91. The van der Waals surface area contributed by atoms with Crippen molar-refractivity contribution in [2.45, 2.75) is 6.92 Å². The minimum Gasteiger partial charge on any atom is -0.481 e. The van der Waals surface area contributed by atoms with E-state index >= 15 is 0 Å². The number of carboxylic acids is 1. The van der Waals surface area contributed by atoms with Crippen LogP contribution in [0, 0.1) is 18.3 Å². The van der Waals surface area contributed by atoms with Gasteiger partial charge in [0.05, 0.1) is 18.2 Å². The number of terminal acetylenes is 1. The predicted octanol–water partition coefficient (Wildman–Crippen LogP) is 2.97. The molecule has 0 amide bonds. The summed E-state index contributed by atoms with van der Waals surface area (Å²) in [5.41, 5.74) is 1.91. The molecule has 108 valence electrons. The summed E-state index contributed by atoms with van der Waals surface area (Å²) >= 11 is 1.47. The molecule has 0 aliphatic rings. The second-order valence-electron chi connectivity index (χ2n) is 4.71. The van der Waals surface area contributed by atoms with Gasteiger partial charge in [-0.2, -0.15) is 0 Å². The van der Waals surface area contributed by atoms with Gasteiger partial charge in [-0.25, -0.2) is 4.98 Å². The van der Waals surface area contributed by atoms with Crippen LogP contribution >= 0.6 is 11.3 Å². The van der Waals surface area contributed by atoms with Crippen LogP contribution in [0.15, 0.2) is 35.7 Å². The Morgan fingerprint density at radius 1 is 1.48 bits per heavy atom. The minimum atomic E-state index is -0.836. The first-order valence-corrected chi connectivity index (χ1v) is 7.42. The van der Waals surface area contributed by atoms with Crippen molar-refractivity contribution in [2.75, 3.05) is 18.0 Å². The van der Waals surface area contributed by atoms with E-state index in [4.69, 9.17) is 11.5 Å². The Bertz CT molecular complexity index is 646. The van der Waals surface area contributed by atoms with E-state index < -0.39 is 11.9 Å². The summed E-state index contributed by atoms with van der Waals surface area (Å²) < 4.78 is 0. The van der Waals surface area contributed by atoms with Crippen molar-refractivity contribution in [2.24, 2.45) is 5.92 Å². The van der Waals surface area contributed by atoms with E-state index in [2.05, 4.69) is 10.9 Å². The van der Waals surface area contributed by atoms with Crippen molar-refractivity contribution < 1.29 is 9.90 Å². The number of anilines is 1. The topological polar surface area (TPSA) is 53.4 Å². The Hall–Kier alpha value is -2.32. The highest BCUT2D eigenvalue weighted by molar-refractivity contribution is 7.14. The van der Waals surface area contributed by atoms with Gasteiger partial charge in [-0.1, -0.05) is 43.2 Å². The van der Waals surface area contributed by atoms with Crippen molar-refractivity contribution in [1.82, 2.24) is 4.98 Å². The van der Waals surface area contributed by atoms with Crippen molar-refractivity contribution in [3.05, 3.63) is 35.7 Å². The van der Waals surface area contributed by atoms with Gasteiger partial charge in [-0.05, 0) is 0 Å². The summed E-state index contributed by atoms with van der Waals surface area (Å²) in [6, 6.07) is 9.85. The molecule has 1 unspecified atom stereocenters. The maximum absolute atomic E-state index is 11.0. The van der Waals surface area contributed by atoms with E-state index in [0.717, 1.165) is 16.4 Å². The Morgan fingerprint density at radius 2 is 2.19 bits per heavy atom. The van der Waals surface area contributed by atoms with Crippen LogP contribution in [-0.2, 0) is 4.79 Å². The standard InChI is InChI=1S/C16H16N2O2S/c1-3-9-18(10-12(2)15(19)20)16-17-14(11-21-16)13-7-5-4-6-8-13/h1,4-8,11-12H,9-10H2,2H3,(H,19,20). The summed E-state index contributed by atoms with van der Waals surface area (Å²) in [6.07, 6.45) is 5.37. The Labute approximate surface area is 128 Å². The highest BCUT2D eigenvalue weighted by Gasteiger charge is 2.18. The van der Waals surface area contributed by atoms with Crippen molar-refractivity contribution in [3.63, 3.8) is 0 Å². The van der Waals surface area contributed by atoms with E-state index in [1.54, 1.807) is 6.92 Å². The molecule has 4 nitrogen and oxygen atoms in total. The van der Waals surface area contributed by atoms with Crippen LogP contribution in [0.3, 0.4) is 0 Å². The normalized spacial score (nSPS) is 11.6. The summed E-state index contributed by atoms with van der Waals surface area (Å²) in [6.45, 7) is 2.36. The third kappa shape index (κ3) is 3.83. The molecule has 0 spiro atoms. The molecular weight excluding hydrogens is 284 g/mol. The summed E-state index contributed by atoms with van der Waals surface area (Å²) in [4.78, 5) is 17.4. The van der Waals surface area contributed by atoms with Gasteiger partial charge in [0.1, 0.15) is 0 Å². The minimum absolute atomic E-state index is 0.347. The van der Waals surface area contributed by atoms with E-state index in [1.807, 2.05) is 40.6 Å². The molecule has 5 heteroatoms. The molecule has 0 aliphatic heterocycles. The van der Waals surface area contributed by atoms with Gasteiger partial charge in [0.15, 0.2) is 5.13 Å². The molecule has 1 aromatic carbocycles. The molecule has 0 saturated carbocycles. The van der Waals surface area contributed by atoms with Crippen LogP contribution in [0.1, 0.15) is 6.92 Å². The number of rotatable bonds is 6. The maximum atomic E-state index is 11.0.